The maximum absolute atomic E-state index is 9.35. The Morgan fingerprint density at radius 2 is 2.03 bits per heavy atom. The van der Waals surface area contributed by atoms with Gasteiger partial charge in [0.05, 0.1) is 29.3 Å². The van der Waals surface area contributed by atoms with Gasteiger partial charge in [-0.05, 0) is 25.5 Å². The molecule has 0 bridgehead atoms. The average Bonchev–Trinajstić information content (AvgIpc) is 2.78. The second-order valence-electron chi connectivity index (χ2n) is 7.56. The number of fused-ring (bicyclic) bond motifs is 1. The van der Waals surface area contributed by atoms with Crippen LogP contribution in [0, 0.1) is 11.3 Å². The number of nitriles is 1. The fraction of sp³-hybridized carbons (Fsp3) is 0.364. The van der Waals surface area contributed by atoms with E-state index in [2.05, 4.69) is 21.4 Å². The Balaban J connectivity index is 1.65. The van der Waals surface area contributed by atoms with Crippen LogP contribution in [0.3, 0.4) is 0 Å². The van der Waals surface area contributed by atoms with Crippen molar-refractivity contribution in [1.29, 1.82) is 5.26 Å². The summed E-state index contributed by atoms with van der Waals surface area (Å²) in [5.41, 5.74) is 3.44. The summed E-state index contributed by atoms with van der Waals surface area (Å²) < 4.78 is 11.7. The Morgan fingerprint density at radius 1 is 1.24 bits per heavy atom. The minimum atomic E-state index is -0.539. The van der Waals surface area contributed by atoms with E-state index in [4.69, 9.17) is 14.5 Å². The van der Waals surface area contributed by atoms with Crippen molar-refractivity contribution in [2.75, 3.05) is 26.3 Å². The van der Waals surface area contributed by atoms with E-state index in [0.29, 0.717) is 24.6 Å². The van der Waals surface area contributed by atoms with E-state index in [9.17, 15) is 5.26 Å². The average molecular weight is 389 g/mol. The summed E-state index contributed by atoms with van der Waals surface area (Å²) in [6.45, 7) is 6.48. The van der Waals surface area contributed by atoms with Crippen molar-refractivity contribution in [3.8, 4) is 23.2 Å². The predicted octanol–water partition coefficient (Wildman–Crippen LogP) is 2.86. The second kappa shape index (κ2) is 8.11. The molecule has 1 aliphatic heterocycles. The van der Waals surface area contributed by atoms with Gasteiger partial charge in [0.15, 0.2) is 5.52 Å². The van der Waals surface area contributed by atoms with E-state index in [1.807, 2.05) is 44.2 Å². The van der Waals surface area contributed by atoms with Crippen LogP contribution in [-0.4, -0.2) is 47.4 Å². The molecule has 4 rings (SSSR count). The van der Waals surface area contributed by atoms with Gasteiger partial charge in [0.1, 0.15) is 12.7 Å². The number of hydrogen-bond donors (Lipinski definition) is 1. The molecule has 148 valence electrons. The SMILES string of the molecule is CC(C)(C#N)c1ccc(-c2cc3nccnc3c(OC[C@@H]3CNCCO3)n2)cc1. The highest BCUT2D eigenvalue weighted by Gasteiger charge is 2.20. The first-order chi connectivity index (χ1) is 14.1. The number of ether oxygens (including phenoxy) is 2. The van der Waals surface area contributed by atoms with Crippen LogP contribution >= 0.6 is 0 Å². The lowest BCUT2D eigenvalue weighted by Crippen LogP contribution is -2.41. The van der Waals surface area contributed by atoms with Crippen LogP contribution in [0.15, 0.2) is 42.7 Å². The van der Waals surface area contributed by atoms with Gasteiger partial charge >= 0.3 is 0 Å². The molecule has 0 saturated carbocycles. The zero-order valence-electron chi connectivity index (χ0n) is 16.6. The van der Waals surface area contributed by atoms with E-state index in [1.165, 1.54) is 0 Å². The smallest absolute Gasteiger partial charge is 0.242 e. The highest BCUT2D eigenvalue weighted by molar-refractivity contribution is 5.83. The Labute approximate surface area is 169 Å². The lowest BCUT2D eigenvalue weighted by Gasteiger charge is -2.23. The molecule has 1 aromatic carbocycles. The molecule has 1 aliphatic rings. The van der Waals surface area contributed by atoms with Gasteiger partial charge in [0.2, 0.25) is 5.88 Å². The minimum absolute atomic E-state index is 0.0200. The zero-order valence-corrected chi connectivity index (χ0v) is 16.6. The fourth-order valence-corrected chi connectivity index (χ4v) is 3.21. The molecule has 1 N–H and O–H groups in total. The van der Waals surface area contributed by atoms with Gasteiger partial charge in [-0.1, -0.05) is 24.3 Å². The van der Waals surface area contributed by atoms with E-state index in [1.54, 1.807) is 12.4 Å². The van der Waals surface area contributed by atoms with Crippen molar-refractivity contribution in [2.24, 2.45) is 0 Å². The molecular formula is C22H23N5O2. The first-order valence-electron chi connectivity index (χ1n) is 9.66. The number of aromatic nitrogens is 3. The Morgan fingerprint density at radius 3 is 2.76 bits per heavy atom. The Bertz CT molecular complexity index is 1040. The highest BCUT2D eigenvalue weighted by Crippen LogP contribution is 2.29. The van der Waals surface area contributed by atoms with Crippen LogP contribution in [0.2, 0.25) is 0 Å². The maximum Gasteiger partial charge on any atom is 0.242 e. The first-order valence-corrected chi connectivity index (χ1v) is 9.66. The van der Waals surface area contributed by atoms with Gasteiger partial charge < -0.3 is 14.8 Å². The van der Waals surface area contributed by atoms with Gasteiger partial charge in [-0.15, -0.1) is 0 Å². The number of nitrogens with one attached hydrogen (secondary N) is 1. The minimum Gasteiger partial charge on any atom is -0.473 e. The van der Waals surface area contributed by atoms with Crippen molar-refractivity contribution < 1.29 is 9.47 Å². The highest BCUT2D eigenvalue weighted by atomic mass is 16.5. The second-order valence-corrected chi connectivity index (χ2v) is 7.56. The molecule has 7 heteroatoms. The molecule has 7 nitrogen and oxygen atoms in total. The number of pyridine rings is 1. The Kier molecular flexibility index (Phi) is 5.38. The quantitative estimate of drug-likeness (QED) is 0.717. The molecule has 1 saturated heterocycles. The monoisotopic (exact) mass is 389 g/mol. The molecule has 0 unspecified atom stereocenters. The normalized spacial score (nSPS) is 17.1. The molecule has 1 atom stereocenters. The summed E-state index contributed by atoms with van der Waals surface area (Å²) in [7, 11) is 0. The van der Waals surface area contributed by atoms with E-state index in [-0.39, 0.29) is 6.10 Å². The number of rotatable bonds is 5. The summed E-state index contributed by atoms with van der Waals surface area (Å²) in [4.78, 5) is 13.5. The molecule has 3 heterocycles. The summed E-state index contributed by atoms with van der Waals surface area (Å²) in [6, 6.07) is 12.1. The summed E-state index contributed by atoms with van der Waals surface area (Å²) >= 11 is 0. The standard InChI is InChI=1S/C22H23N5O2/c1-22(2,14-23)16-5-3-15(4-6-16)18-11-19-20(26-8-7-25-19)21(27-18)29-13-17-12-24-9-10-28-17/h3-8,11,17,24H,9-10,12-13H2,1-2H3/t17-/m0/s1. The molecule has 0 aliphatic carbocycles. The largest absolute Gasteiger partial charge is 0.473 e. The summed E-state index contributed by atoms with van der Waals surface area (Å²) in [5.74, 6) is 0.446. The molecular weight excluding hydrogens is 366 g/mol. The Hall–Kier alpha value is -3.08. The van der Waals surface area contributed by atoms with E-state index in [0.717, 1.165) is 35.4 Å². The van der Waals surface area contributed by atoms with Crippen molar-refractivity contribution >= 4 is 11.0 Å². The molecule has 2 aromatic heterocycles. The van der Waals surface area contributed by atoms with Gasteiger partial charge in [-0.25, -0.2) is 9.97 Å². The third-order valence-electron chi connectivity index (χ3n) is 5.02. The molecule has 0 radical (unpaired) electrons. The first kappa shape index (κ1) is 19.2. The van der Waals surface area contributed by atoms with Crippen LogP contribution in [0.4, 0.5) is 0 Å². The third-order valence-corrected chi connectivity index (χ3v) is 5.02. The summed E-state index contributed by atoms with van der Waals surface area (Å²) in [5, 5.41) is 12.6. The van der Waals surface area contributed by atoms with Crippen LogP contribution in [-0.2, 0) is 10.2 Å². The maximum atomic E-state index is 9.35. The van der Waals surface area contributed by atoms with Crippen LogP contribution in [0.5, 0.6) is 5.88 Å². The number of hydrogen-bond acceptors (Lipinski definition) is 7. The van der Waals surface area contributed by atoms with Gasteiger partial charge in [-0.2, -0.15) is 5.26 Å². The predicted molar refractivity (Wildman–Crippen MR) is 110 cm³/mol. The van der Waals surface area contributed by atoms with Crippen LogP contribution < -0.4 is 10.1 Å². The lowest BCUT2D eigenvalue weighted by molar-refractivity contribution is -0.000407. The number of benzene rings is 1. The van der Waals surface area contributed by atoms with Crippen molar-refractivity contribution in [1.82, 2.24) is 20.3 Å². The molecule has 3 aromatic rings. The number of nitrogens with zero attached hydrogens (tertiary/aromatic N) is 4. The van der Waals surface area contributed by atoms with Crippen molar-refractivity contribution in [3.05, 3.63) is 48.3 Å². The van der Waals surface area contributed by atoms with Crippen molar-refractivity contribution in [3.63, 3.8) is 0 Å². The van der Waals surface area contributed by atoms with Gasteiger partial charge in [-0.3, -0.25) is 4.98 Å². The summed E-state index contributed by atoms with van der Waals surface area (Å²) in [6.07, 6.45) is 3.27. The topological polar surface area (TPSA) is 93.0 Å². The van der Waals surface area contributed by atoms with Crippen LogP contribution in [0.1, 0.15) is 19.4 Å². The lowest BCUT2D eigenvalue weighted by atomic mass is 9.86. The molecule has 29 heavy (non-hydrogen) atoms. The van der Waals surface area contributed by atoms with Crippen LogP contribution in [0.25, 0.3) is 22.3 Å². The van der Waals surface area contributed by atoms with Gasteiger partial charge in [0, 0.05) is 31.0 Å². The molecule has 0 spiro atoms. The van der Waals surface area contributed by atoms with E-state index < -0.39 is 5.41 Å². The molecule has 0 amide bonds. The fourth-order valence-electron chi connectivity index (χ4n) is 3.21. The van der Waals surface area contributed by atoms with Gasteiger partial charge in [0.25, 0.3) is 0 Å². The number of morpholine rings is 1. The molecule has 1 fully saturated rings. The zero-order chi connectivity index (χ0) is 20.3. The van der Waals surface area contributed by atoms with Crippen molar-refractivity contribution in [2.45, 2.75) is 25.4 Å². The van der Waals surface area contributed by atoms with E-state index >= 15 is 0 Å². The third kappa shape index (κ3) is 4.19.